The monoisotopic (exact) mass is 430 g/mol. The van der Waals surface area contributed by atoms with Crippen molar-refractivity contribution in [3.8, 4) is 0 Å². The van der Waals surface area contributed by atoms with Crippen LogP contribution in [0.4, 0.5) is 0 Å². The second-order valence-corrected chi connectivity index (χ2v) is 8.60. The number of hydrogen-bond donors (Lipinski definition) is 5. The molecule has 4 unspecified atom stereocenters. The molecule has 0 saturated carbocycles. The van der Waals surface area contributed by atoms with Crippen LogP contribution in [0.3, 0.4) is 0 Å². The van der Waals surface area contributed by atoms with E-state index in [9.17, 15) is 19.2 Å². The molecule has 0 aliphatic carbocycles. The molecule has 10 heteroatoms. The van der Waals surface area contributed by atoms with Gasteiger partial charge in [-0.05, 0) is 31.1 Å². The van der Waals surface area contributed by atoms with Crippen LogP contribution in [0.15, 0.2) is 0 Å². The van der Waals surface area contributed by atoms with Crippen LogP contribution in [0.1, 0.15) is 47.0 Å². The number of carboxylic acids is 1. The van der Waals surface area contributed by atoms with Crippen molar-refractivity contribution in [1.29, 1.82) is 0 Å². The molecule has 0 aromatic carbocycles. The Labute approximate surface area is 177 Å². The average molecular weight is 431 g/mol. The van der Waals surface area contributed by atoms with Crippen molar-refractivity contribution >= 4 is 36.3 Å². The average Bonchev–Trinajstić information content (AvgIpc) is 3.13. The van der Waals surface area contributed by atoms with Gasteiger partial charge in [-0.3, -0.25) is 14.4 Å². The molecule has 0 radical (unpaired) electrons. The number of carbonyl (C=O) groups excluding carboxylic acids is 3. The van der Waals surface area contributed by atoms with Gasteiger partial charge in [-0.15, -0.1) is 0 Å². The van der Waals surface area contributed by atoms with Gasteiger partial charge in [0, 0.05) is 12.3 Å². The van der Waals surface area contributed by atoms with E-state index < -0.39 is 42.0 Å². The first-order valence-corrected chi connectivity index (χ1v) is 10.6. The highest BCUT2D eigenvalue weighted by molar-refractivity contribution is 7.80. The molecule has 0 bridgehead atoms. The molecule has 0 aromatic rings. The third-order valence-electron chi connectivity index (χ3n) is 4.98. The molecule has 1 aliphatic rings. The molecule has 29 heavy (non-hydrogen) atoms. The van der Waals surface area contributed by atoms with Gasteiger partial charge in [0.15, 0.2) is 0 Å². The number of aliphatic carboxylic acids is 1. The quantitative estimate of drug-likeness (QED) is 0.309. The minimum atomic E-state index is -1.18. The molecule has 166 valence electrons. The Morgan fingerprint density at radius 2 is 1.76 bits per heavy atom. The van der Waals surface area contributed by atoms with Crippen LogP contribution in [0.2, 0.25) is 0 Å². The van der Waals surface area contributed by atoms with Crippen molar-refractivity contribution in [1.82, 2.24) is 15.5 Å². The van der Waals surface area contributed by atoms with Crippen LogP contribution in [0.25, 0.3) is 0 Å². The fourth-order valence-corrected chi connectivity index (χ4v) is 3.47. The van der Waals surface area contributed by atoms with E-state index in [1.54, 1.807) is 0 Å². The number of nitrogens with one attached hydrogen (secondary N) is 2. The molecular formula is C19H34N4O5S. The zero-order valence-electron chi connectivity index (χ0n) is 17.6. The minimum Gasteiger partial charge on any atom is -0.480 e. The summed E-state index contributed by atoms with van der Waals surface area (Å²) in [6.07, 6.45) is 1.47. The number of nitrogens with zero attached hydrogens (tertiary/aromatic N) is 1. The Balaban J connectivity index is 2.94. The molecule has 9 nitrogen and oxygen atoms in total. The molecule has 1 aliphatic heterocycles. The third kappa shape index (κ3) is 7.18. The summed E-state index contributed by atoms with van der Waals surface area (Å²) in [5.41, 5.74) is 5.90. The fourth-order valence-electron chi connectivity index (χ4n) is 3.22. The van der Waals surface area contributed by atoms with E-state index in [1.807, 2.05) is 27.7 Å². The normalized spacial score (nSPS) is 19.7. The lowest BCUT2D eigenvalue weighted by Gasteiger charge is -2.30. The molecule has 1 saturated heterocycles. The molecule has 3 amide bonds. The highest BCUT2D eigenvalue weighted by Gasteiger charge is 2.39. The zero-order chi connectivity index (χ0) is 22.3. The Kier molecular flexibility index (Phi) is 9.91. The van der Waals surface area contributed by atoms with Crippen LogP contribution >= 0.6 is 12.6 Å². The second kappa shape index (κ2) is 11.4. The van der Waals surface area contributed by atoms with Crippen LogP contribution < -0.4 is 16.4 Å². The highest BCUT2D eigenvalue weighted by Crippen LogP contribution is 2.21. The molecule has 1 fully saturated rings. The summed E-state index contributed by atoms with van der Waals surface area (Å²) in [4.78, 5) is 50.8. The van der Waals surface area contributed by atoms with Crippen molar-refractivity contribution in [3.63, 3.8) is 0 Å². The molecule has 0 aromatic heterocycles. The molecule has 0 spiro atoms. The number of carboxylic acid groups (broad SMARTS) is 1. The number of likely N-dealkylation sites (tertiary alicyclic amines) is 1. The maximum Gasteiger partial charge on any atom is 0.327 e. The van der Waals surface area contributed by atoms with Crippen molar-refractivity contribution in [3.05, 3.63) is 0 Å². The van der Waals surface area contributed by atoms with Crippen molar-refractivity contribution in [2.45, 2.75) is 71.1 Å². The third-order valence-corrected chi connectivity index (χ3v) is 5.34. The van der Waals surface area contributed by atoms with Gasteiger partial charge in [0.05, 0.1) is 6.04 Å². The van der Waals surface area contributed by atoms with Gasteiger partial charge in [0.25, 0.3) is 0 Å². The summed E-state index contributed by atoms with van der Waals surface area (Å²) in [5.74, 6) is -2.46. The first kappa shape index (κ1) is 25.2. The van der Waals surface area contributed by atoms with Crippen LogP contribution in [-0.4, -0.2) is 70.2 Å². The summed E-state index contributed by atoms with van der Waals surface area (Å²) in [5, 5.41) is 14.3. The summed E-state index contributed by atoms with van der Waals surface area (Å²) in [6, 6.07) is -3.42. The number of hydrogen-bond acceptors (Lipinski definition) is 6. The lowest BCUT2D eigenvalue weighted by Crippen LogP contribution is -2.57. The predicted molar refractivity (Wildman–Crippen MR) is 112 cm³/mol. The maximum atomic E-state index is 13.2. The number of carbonyl (C=O) groups is 4. The molecule has 5 N–H and O–H groups in total. The van der Waals surface area contributed by atoms with Crippen molar-refractivity contribution in [2.75, 3.05) is 12.3 Å². The lowest BCUT2D eigenvalue weighted by molar-refractivity contribution is -0.144. The van der Waals surface area contributed by atoms with Crippen molar-refractivity contribution in [2.24, 2.45) is 17.6 Å². The summed E-state index contributed by atoms with van der Waals surface area (Å²) in [6.45, 7) is 7.89. The topological polar surface area (TPSA) is 142 Å². The van der Waals surface area contributed by atoms with E-state index in [1.165, 1.54) is 4.90 Å². The van der Waals surface area contributed by atoms with Gasteiger partial charge in [-0.25, -0.2) is 4.79 Å². The van der Waals surface area contributed by atoms with E-state index >= 15 is 0 Å². The van der Waals surface area contributed by atoms with Gasteiger partial charge in [0.1, 0.15) is 18.1 Å². The standard InChI is InChI=1S/C19H34N4O5S/c1-10(2)8-12(21-17(25)15(20)11(3)4)18(26)23-7-5-6-14(23)16(24)22-13(9-29)19(27)28/h10-15,29H,5-9,20H2,1-4H3,(H,21,25)(H,22,24)(H,27,28). The van der Waals surface area contributed by atoms with Gasteiger partial charge < -0.3 is 26.4 Å². The largest absolute Gasteiger partial charge is 0.480 e. The Morgan fingerprint density at radius 1 is 1.14 bits per heavy atom. The lowest BCUT2D eigenvalue weighted by atomic mass is 10.00. The SMILES string of the molecule is CC(C)CC(NC(=O)C(N)C(C)C)C(=O)N1CCCC1C(=O)NC(CS)C(=O)O. The van der Waals surface area contributed by atoms with Crippen LogP contribution in [0.5, 0.6) is 0 Å². The molecule has 1 heterocycles. The Bertz CT molecular complexity index is 613. The molecule has 1 rings (SSSR count). The van der Waals surface area contributed by atoms with E-state index in [4.69, 9.17) is 10.8 Å². The first-order chi connectivity index (χ1) is 13.5. The fraction of sp³-hybridized carbons (Fsp3) is 0.789. The minimum absolute atomic E-state index is 0.0547. The number of rotatable bonds is 10. The van der Waals surface area contributed by atoms with E-state index in [2.05, 4.69) is 23.3 Å². The van der Waals surface area contributed by atoms with Crippen molar-refractivity contribution < 1.29 is 24.3 Å². The van der Waals surface area contributed by atoms with Gasteiger partial charge in [-0.1, -0.05) is 27.7 Å². The predicted octanol–water partition coefficient (Wildman–Crippen LogP) is -0.00920. The highest BCUT2D eigenvalue weighted by atomic mass is 32.1. The van der Waals surface area contributed by atoms with E-state index in [0.29, 0.717) is 25.8 Å². The smallest absolute Gasteiger partial charge is 0.327 e. The molecule has 4 atom stereocenters. The van der Waals surface area contributed by atoms with Crippen LogP contribution in [0, 0.1) is 11.8 Å². The summed E-state index contributed by atoms with van der Waals surface area (Å²) >= 11 is 3.94. The van der Waals surface area contributed by atoms with Crippen LogP contribution in [-0.2, 0) is 19.2 Å². The maximum absolute atomic E-state index is 13.2. The molecular weight excluding hydrogens is 396 g/mol. The summed E-state index contributed by atoms with van der Waals surface area (Å²) < 4.78 is 0. The number of amides is 3. The Hall–Kier alpha value is -1.81. The van der Waals surface area contributed by atoms with Gasteiger partial charge in [-0.2, -0.15) is 12.6 Å². The van der Waals surface area contributed by atoms with E-state index in [0.717, 1.165) is 0 Å². The second-order valence-electron chi connectivity index (χ2n) is 8.23. The zero-order valence-corrected chi connectivity index (χ0v) is 18.4. The Morgan fingerprint density at radius 3 is 2.24 bits per heavy atom. The first-order valence-electron chi connectivity index (χ1n) is 10.00. The summed E-state index contributed by atoms with van der Waals surface area (Å²) in [7, 11) is 0. The number of nitrogens with two attached hydrogens (primary N) is 1. The van der Waals surface area contributed by atoms with E-state index in [-0.39, 0.29) is 23.5 Å². The van der Waals surface area contributed by atoms with Gasteiger partial charge >= 0.3 is 5.97 Å². The van der Waals surface area contributed by atoms with Gasteiger partial charge in [0.2, 0.25) is 17.7 Å². The number of thiol groups is 1.